The Morgan fingerprint density at radius 2 is 2.16 bits per heavy atom. The second-order valence-electron chi connectivity index (χ2n) is 5.97. The van der Waals surface area contributed by atoms with Gasteiger partial charge in [0.25, 0.3) is 0 Å². The molecule has 1 aromatic carbocycles. The average Bonchev–Trinajstić information content (AvgIpc) is 3.21. The van der Waals surface area contributed by atoms with Gasteiger partial charge in [-0.1, -0.05) is 6.07 Å². The van der Waals surface area contributed by atoms with Crippen LogP contribution in [0.1, 0.15) is 12.0 Å². The number of benzene rings is 1. The number of rotatable bonds is 4. The van der Waals surface area contributed by atoms with Crippen molar-refractivity contribution in [2.24, 2.45) is 0 Å². The van der Waals surface area contributed by atoms with Gasteiger partial charge in [0.05, 0.1) is 13.7 Å². The third-order valence-corrected chi connectivity index (χ3v) is 4.51. The molecule has 3 heterocycles. The second kappa shape index (κ2) is 6.08. The van der Waals surface area contributed by atoms with E-state index in [2.05, 4.69) is 5.10 Å². The minimum Gasteiger partial charge on any atom is -0.497 e. The molecule has 0 spiro atoms. The van der Waals surface area contributed by atoms with E-state index in [1.54, 1.807) is 30.3 Å². The predicted octanol–water partition coefficient (Wildman–Crippen LogP) is 1.48. The number of ether oxygens (including phenoxy) is 1. The van der Waals surface area contributed by atoms with Crippen molar-refractivity contribution < 1.29 is 9.53 Å². The van der Waals surface area contributed by atoms with Crippen LogP contribution in [0.4, 0.5) is 5.69 Å². The molecule has 0 fully saturated rings. The molecule has 25 heavy (non-hydrogen) atoms. The number of fused-ring (bicyclic) bond motifs is 2. The number of methoxy groups -OCH3 is 1. The van der Waals surface area contributed by atoms with Crippen LogP contribution in [-0.4, -0.2) is 33.7 Å². The maximum Gasteiger partial charge on any atom is 0.350 e. The Bertz CT molecular complexity index is 1000. The van der Waals surface area contributed by atoms with E-state index in [9.17, 15) is 9.59 Å². The maximum atomic E-state index is 12.6. The molecule has 4 rings (SSSR count). The highest BCUT2D eigenvalue weighted by molar-refractivity contribution is 5.95. The zero-order valence-corrected chi connectivity index (χ0v) is 13.9. The van der Waals surface area contributed by atoms with Crippen molar-refractivity contribution in [2.75, 3.05) is 18.6 Å². The SMILES string of the molecule is COc1ccc2c(c1)CCN2C(=O)CCn1nc2ccccn2c1=O. The number of hydrogen-bond acceptors (Lipinski definition) is 4. The molecular weight excluding hydrogens is 320 g/mol. The molecule has 0 saturated carbocycles. The largest absolute Gasteiger partial charge is 0.497 e. The number of aryl methyl sites for hydroxylation is 1. The van der Waals surface area contributed by atoms with Gasteiger partial charge in [-0.2, -0.15) is 0 Å². The molecule has 0 aliphatic carbocycles. The summed E-state index contributed by atoms with van der Waals surface area (Å²) in [7, 11) is 1.63. The minimum atomic E-state index is -0.227. The third-order valence-electron chi connectivity index (χ3n) is 4.51. The molecule has 2 aromatic heterocycles. The third kappa shape index (κ3) is 2.67. The summed E-state index contributed by atoms with van der Waals surface area (Å²) >= 11 is 0. The van der Waals surface area contributed by atoms with E-state index in [1.807, 2.05) is 24.3 Å². The standard InChI is InChI=1S/C18H18N4O3/c1-25-14-5-6-15-13(12-14)7-10-20(15)17(23)8-11-22-18(24)21-9-3-2-4-16(21)19-22/h2-6,9,12H,7-8,10-11H2,1H3. The van der Waals surface area contributed by atoms with E-state index in [4.69, 9.17) is 4.74 Å². The summed E-state index contributed by atoms with van der Waals surface area (Å²) in [5.41, 5.74) is 2.39. The lowest BCUT2D eigenvalue weighted by Crippen LogP contribution is -2.31. The Morgan fingerprint density at radius 1 is 1.28 bits per heavy atom. The van der Waals surface area contributed by atoms with E-state index in [-0.39, 0.29) is 24.6 Å². The first kappa shape index (κ1) is 15.4. The molecule has 0 N–H and O–H groups in total. The van der Waals surface area contributed by atoms with E-state index >= 15 is 0 Å². The van der Waals surface area contributed by atoms with Crippen molar-refractivity contribution in [1.29, 1.82) is 0 Å². The number of pyridine rings is 1. The quantitative estimate of drug-likeness (QED) is 0.723. The van der Waals surface area contributed by atoms with Crippen LogP contribution in [0.25, 0.3) is 5.65 Å². The van der Waals surface area contributed by atoms with Gasteiger partial charge in [0.1, 0.15) is 5.75 Å². The van der Waals surface area contributed by atoms with Crippen LogP contribution in [0.15, 0.2) is 47.4 Å². The van der Waals surface area contributed by atoms with Crippen LogP contribution >= 0.6 is 0 Å². The number of hydrogen-bond donors (Lipinski definition) is 0. The van der Waals surface area contributed by atoms with Crippen LogP contribution in [0, 0.1) is 0 Å². The van der Waals surface area contributed by atoms with Gasteiger partial charge in [-0.3, -0.25) is 9.20 Å². The first-order valence-electron chi connectivity index (χ1n) is 8.19. The van der Waals surface area contributed by atoms with Gasteiger partial charge in [-0.05, 0) is 42.3 Å². The first-order valence-corrected chi connectivity index (χ1v) is 8.19. The first-order chi connectivity index (χ1) is 12.2. The van der Waals surface area contributed by atoms with Crippen molar-refractivity contribution in [3.63, 3.8) is 0 Å². The molecule has 7 nitrogen and oxygen atoms in total. The molecule has 0 unspecified atom stereocenters. The van der Waals surface area contributed by atoms with Crippen LogP contribution in [0.2, 0.25) is 0 Å². The fraction of sp³-hybridized carbons (Fsp3) is 0.278. The molecule has 3 aromatic rings. The fourth-order valence-electron chi connectivity index (χ4n) is 3.21. The summed E-state index contributed by atoms with van der Waals surface area (Å²) in [6, 6.07) is 11.1. The van der Waals surface area contributed by atoms with E-state index in [1.165, 1.54) is 9.08 Å². The summed E-state index contributed by atoms with van der Waals surface area (Å²) in [6.07, 6.45) is 2.72. The number of aromatic nitrogens is 3. The van der Waals surface area contributed by atoms with Crippen LogP contribution in [0.5, 0.6) is 5.75 Å². The monoisotopic (exact) mass is 338 g/mol. The molecular formula is C18H18N4O3. The van der Waals surface area contributed by atoms with Gasteiger partial charge < -0.3 is 9.64 Å². The van der Waals surface area contributed by atoms with Crippen molar-refractivity contribution in [3.05, 3.63) is 58.6 Å². The van der Waals surface area contributed by atoms with Crippen LogP contribution < -0.4 is 15.3 Å². The van der Waals surface area contributed by atoms with Gasteiger partial charge in [0, 0.05) is 24.8 Å². The maximum absolute atomic E-state index is 12.6. The molecule has 0 bridgehead atoms. The highest BCUT2D eigenvalue weighted by Gasteiger charge is 2.25. The Kier molecular flexibility index (Phi) is 3.76. The van der Waals surface area contributed by atoms with E-state index < -0.39 is 0 Å². The molecule has 0 radical (unpaired) electrons. The Labute approximate surface area is 144 Å². The zero-order valence-electron chi connectivity index (χ0n) is 13.9. The van der Waals surface area contributed by atoms with Crippen LogP contribution in [0.3, 0.4) is 0 Å². The number of carbonyl (C=O) groups is 1. The normalized spacial score (nSPS) is 13.2. The Balaban J connectivity index is 1.50. The number of amides is 1. The minimum absolute atomic E-state index is 0.00660. The molecule has 128 valence electrons. The molecule has 1 aliphatic rings. The highest BCUT2D eigenvalue weighted by atomic mass is 16.5. The summed E-state index contributed by atoms with van der Waals surface area (Å²) in [5.74, 6) is 0.789. The lowest BCUT2D eigenvalue weighted by molar-refractivity contribution is -0.118. The van der Waals surface area contributed by atoms with Crippen molar-refractivity contribution in [2.45, 2.75) is 19.4 Å². The molecule has 1 amide bonds. The van der Waals surface area contributed by atoms with Gasteiger partial charge in [-0.25, -0.2) is 9.48 Å². The predicted molar refractivity (Wildman–Crippen MR) is 93.1 cm³/mol. The lowest BCUT2D eigenvalue weighted by atomic mass is 10.1. The number of nitrogens with zero attached hydrogens (tertiary/aromatic N) is 4. The summed E-state index contributed by atoms with van der Waals surface area (Å²) in [6.45, 7) is 0.919. The molecule has 0 atom stereocenters. The molecule has 0 saturated heterocycles. The summed E-state index contributed by atoms with van der Waals surface area (Å²) < 4.78 is 8.05. The van der Waals surface area contributed by atoms with Gasteiger partial charge >= 0.3 is 5.69 Å². The van der Waals surface area contributed by atoms with E-state index in [0.29, 0.717) is 12.2 Å². The average molecular weight is 338 g/mol. The van der Waals surface area contributed by atoms with Crippen molar-refractivity contribution in [3.8, 4) is 5.75 Å². The lowest BCUT2D eigenvalue weighted by Gasteiger charge is -2.17. The Morgan fingerprint density at radius 3 is 2.96 bits per heavy atom. The van der Waals surface area contributed by atoms with E-state index in [0.717, 1.165) is 23.4 Å². The fourth-order valence-corrected chi connectivity index (χ4v) is 3.21. The zero-order chi connectivity index (χ0) is 17.4. The van der Waals surface area contributed by atoms with Crippen molar-refractivity contribution in [1.82, 2.24) is 14.2 Å². The van der Waals surface area contributed by atoms with Gasteiger partial charge in [0.15, 0.2) is 5.65 Å². The number of carbonyl (C=O) groups excluding carboxylic acids is 1. The highest BCUT2D eigenvalue weighted by Crippen LogP contribution is 2.31. The van der Waals surface area contributed by atoms with Gasteiger partial charge in [-0.15, -0.1) is 5.10 Å². The van der Waals surface area contributed by atoms with Crippen molar-refractivity contribution >= 4 is 17.2 Å². The van der Waals surface area contributed by atoms with Gasteiger partial charge in [0.2, 0.25) is 5.91 Å². The topological polar surface area (TPSA) is 68.8 Å². The molecule has 7 heteroatoms. The Hall–Kier alpha value is -3.09. The summed E-state index contributed by atoms with van der Waals surface area (Å²) in [5, 5.41) is 4.26. The second-order valence-corrected chi connectivity index (χ2v) is 5.97. The van der Waals surface area contributed by atoms with Crippen LogP contribution in [-0.2, 0) is 17.8 Å². The smallest absolute Gasteiger partial charge is 0.350 e. The number of anilines is 1. The molecule has 1 aliphatic heterocycles. The summed E-state index contributed by atoms with van der Waals surface area (Å²) in [4.78, 5) is 26.6.